The first-order chi connectivity index (χ1) is 3.35. The van der Waals surface area contributed by atoms with E-state index in [-0.39, 0.29) is 29.6 Å². The molecular weight excluding hydrogens is 113 g/mol. The van der Waals surface area contributed by atoms with E-state index in [1.54, 1.807) is 0 Å². The van der Waals surface area contributed by atoms with Crippen molar-refractivity contribution in [2.75, 3.05) is 0 Å². The topological polar surface area (TPSA) is 71.4 Å². The molecule has 0 heterocycles. The van der Waals surface area contributed by atoms with Crippen LogP contribution in [0.5, 0.6) is 0 Å². The molecule has 34 valence electrons. The van der Waals surface area contributed by atoms with E-state index in [2.05, 4.69) is 0 Å². The molecule has 0 spiro atoms. The van der Waals surface area contributed by atoms with E-state index >= 15 is 0 Å². The molecule has 0 bridgehead atoms. The van der Waals surface area contributed by atoms with Crippen LogP contribution in [0.1, 0.15) is 0 Å². The standard InChI is InChI=1S/C4HN3.Na.H/c5-1-4(2-6)3-7;;/h4H;;. The average Bonchev–Trinajstić information content (AvgIpc) is 1.72. The van der Waals surface area contributed by atoms with Gasteiger partial charge in [0.1, 0.15) is 0 Å². The quantitative estimate of drug-likeness (QED) is 0.400. The summed E-state index contributed by atoms with van der Waals surface area (Å²) in [5.74, 6) is -1.10. The van der Waals surface area contributed by atoms with Crippen LogP contribution in [0.3, 0.4) is 0 Å². The molecule has 0 aliphatic carbocycles. The maximum atomic E-state index is 7.83. The summed E-state index contributed by atoms with van der Waals surface area (Å²) in [6.45, 7) is 0. The molecule has 4 heteroatoms. The summed E-state index contributed by atoms with van der Waals surface area (Å²) in [5.41, 5.74) is 0. The van der Waals surface area contributed by atoms with Crippen LogP contribution in [0.4, 0.5) is 0 Å². The first-order valence-corrected chi connectivity index (χ1v) is 1.54. The normalized spacial score (nSPS) is 5.25. The van der Waals surface area contributed by atoms with Crippen molar-refractivity contribution in [2.45, 2.75) is 0 Å². The number of hydrogen-bond donors (Lipinski definition) is 0. The molecule has 0 saturated heterocycles. The van der Waals surface area contributed by atoms with E-state index in [1.165, 1.54) is 18.2 Å². The summed E-state index contributed by atoms with van der Waals surface area (Å²) in [7, 11) is 0. The Labute approximate surface area is 69.4 Å². The maximum absolute atomic E-state index is 7.83. The van der Waals surface area contributed by atoms with Gasteiger partial charge in [0.25, 0.3) is 0 Å². The van der Waals surface area contributed by atoms with Crippen molar-refractivity contribution in [2.24, 2.45) is 5.92 Å². The van der Waals surface area contributed by atoms with Gasteiger partial charge in [-0.05, 0) is 0 Å². The van der Waals surface area contributed by atoms with E-state index in [0.29, 0.717) is 0 Å². The Bertz CT molecular complexity index is 134. The van der Waals surface area contributed by atoms with E-state index in [1.807, 2.05) is 0 Å². The molecule has 3 nitrogen and oxygen atoms in total. The second kappa shape index (κ2) is 6.47. The fourth-order valence-corrected chi connectivity index (χ4v) is 0.0866. The Morgan fingerprint density at radius 1 is 0.875 bits per heavy atom. The van der Waals surface area contributed by atoms with E-state index in [4.69, 9.17) is 15.8 Å². The number of hydrogen-bond acceptors (Lipinski definition) is 3. The van der Waals surface area contributed by atoms with Gasteiger partial charge in [0.05, 0.1) is 18.2 Å². The van der Waals surface area contributed by atoms with Crippen molar-refractivity contribution in [1.82, 2.24) is 0 Å². The summed E-state index contributed by atoms with van der Waals surface area (Å²) >= 11 is 0. The third-order valence-electron chi connectivity index (χ3n) is 0.387. The van der Waals surface area contributed by atoms with Gasteiger partial charge in [-0.25, -0.2) is 0 Å². The Morgan fingerprint density at radius 3 is 1.12 bits per heavy atom. The Balaban J connectivity index is 0. The van der Waals surface area contributed by atoms with Crippen molar-refractivity contribution >= 4 is 29.6 Å². The van der Waals surface area contributed by atoms with Gasteiger partial charge in [-0.15, -0.1) is 0 Å². The van der Waals surface area contributed by atoms with Gasteiger partial charge in [-0.1, -0.05) is 0 Å². The van der Waals surface area contributed by atoms with Gasteiger partial charge in [0.2, 0.25) is 5.92 Å². The first-order valence-electron chi connectivity index (χ1n) is 1.54. The Kier molecular flexibility index (Phi) is 8.45. The zero-order valence-corrected chi connectivity index (χ0v) is 3.42. The molecule has 8 heavy (non-hydrogen) atoms. The molecule has 0 aliphatic heterocycles. The molecule has 0 fully saturated rings. The van der Waals surface area contributed by atoms with Crippen LogP contribution in [0.15, 0.2) is 0 Å². The van der Waals surface area contributed by atoms with Crippen LogP contribution in [-0.4, -0.2) is 29.6 Å². The van der Waals surface area contributed by atoms with Crippen molar-refractivity contribution in [3.63, 3.8) is 0 Å². The summed E-state index contributed by atoms with van der Waals surface area (Å²) in [4.78, 5) is 0. The van der Waals surface area contributed by atoms with E-state index in [0.717, 1.165) is 0 Å². The third kappa shape index (κ3) is 3.65. The van der Waals surface area contributed by atoms with Gasteiger partial charge in [-0.3, -0.25) is 0 Å². The molecule has 0 atom stereocenters. The van der Waals surface area contributed by atoms with Gasteiger partial charge >= 0.3 is 29.6 Å². The molecule has 0 aromatic heterocycles. The van der Waals surface area contributed by atoms with Crippen molar-refractivity contribution in [3.05, 3.63) is 0 Å². The SMILES string of the molecule is N#CC(C#N)C#N.[NaH]. The van der Waals surface area contributed by atoms with Crippen LogP contribution < -0.4 is 0 Å². The molecule has 0 aromatic carbocycles. The second-order valence-corrected chi connectivity index (χ2v) is 0.820. The van der Waals surface area contributed by atoms with E-state index < -0.39 is 5.92 Å². The second-order valence-electron chi connectivity index (χ2n) is 0.820. The minimum atomic E-state index is -1.10. The Morgan fingerprint density at radius 2 is 1.12 bits per heavy atom. The summed E-state index contributed by atoms with van der Waals surface area (Å²) in [6.07, 6.45) is 0. The van der Waals surface area contributed by atoms with Crippen LogP contribution >= 0.6 is 0 Å². The fourth-order valence-electron chi connectivity index (χ4n) is 0.0866. The summed E-state index contributed by atoms with van der Waals surface area (Å²) in [5, 5.41) is 23.5. The molecule has 0 N–H and O–H groups in total. The number of nitriles is 3. The van der Waals surface area contributed by atoms with Crippen LogP contribution in [-0.2, 0) is 0 Å². The molecular formula is C4H2N3Na. The summed E-state index contributed by atoms with van der Waals surface area (Å²) in [6, 6.07) is 4.44. The number of nitrogens with zero attached hydrogens (tertiary/aromatic N) is 3. The van der Waals surface area contributed by atoms with Gasteiger partial charge in [0, 0.05) is 0 Å². The van der Waals surface area contributed by atoms with Crippen LogP contribution in [0, 0.1) is 39.9 Å². The van der Waals surface area contributed by atoms with Crippen molar-refractivity contribution in [1.29, 1.82) is 15.8 Å². The van der Waals surface area contributed by atoms with Gasteiger partial charge in [-0.2, -0.15) is 15.8 Å². The zero-order valence-electron chi connectivity index (χ0n) is 3.42. The molecule has 0 aromatic rings. The summed E-state index contributed by atoms with van der Waals surface area (Å²) < 4.78 is 0. The average molecular weight is 115 g/mol. The predicted molar refractivity (Wildman–Crippen MR) is 27.5 cm³/mol. The van der Waals surface area contributed by atoms with Crippen LogP contribution in [0.2, 0.25) is 0 Å². The third-order valence-corrected chi connectivity index (χ3v) is 0.387. The monoisotopic (exact) mass is 115 g/mol. The zero-order chi connectivity index (χ0) is 5.70. The molecule has 0 aliphatic rings. The van der Waals surface area contributed by atoms with Gasteiger partial charge in [0.15, 0.2) is 0 Å². The van der Waals surface area contributed by atoms with E-state index in [9.17, 15) is 0 Å². The van der Waals surface area contributed by atoms with Gasteiger partial charge < -0.3 is 0 Å². The minimum absolute atomic E-state index is 0. The predicted octanol–water partition coefficient (Wildman–Crippen LogP) is -0.475. The molecule has 0 amide bonds. The fraction of sp³-hybridized carbons (Fsp3) is 0.250. The van der Waals surface area contributed by atoms with Crippen LogP contribution in [0.25, 0.3) is 0 Å². The molecule has 0 unspecified atom stereocenters. The molecule has 0 saturated carbocycles. The van der Waals surface area contributed by atoms with Crippen molar-refractivity contribution < 1.29 is 0 Å². The molecule has 0 radical (unpaired) electrons. The number of rotatable bonds is 0. The van der Waals surface area contributed by atoms with Crippen molar-refractivity contribution in [3.8, 4) is 18.2 Å². The molecule has 0 rings (SSSR count). The Hall–Kier alpha value is -0.530. The first kappa shape index (κ1) is 10.5.